The van der Waals surface area contributed by atoms with Gasteiger partial charge in [-0.1, -0.05) is 23.7 Å². The van der Waals surface area contributed by atoms with E-state index in [1.807, 2.05) is 24.1 Å². The Morgan fingerprint density at radius 3 is 2.61 bits per heavy atom. The molecule has 1 N–H and O–H groups in total. The van der Waals surface area contributed by atoms with E-state index in [1.165, 1.54) is 23.5 Å². The molecule has 3 heterocycles. The Balaban J connectivity index is 1.12. The fourth-order valence-corrected chi connectivity index (χ4v) is 7.67. The predicted octanol–water partition coefficient (Wildman–Crippen LogP) is 6.12. The Hall–Kier alpha value is -3.50. The van der Waals surface area contributed by atoms with E-state index in [4.69, 9.17) is 16.0 Å². The molecule has 3 aliphatic rings. The first-order chi connectivity index (χ1) is 21.0. The van der Waals surface area contributed by atoms with Crippen LogP contribution in [-0.2, 0) is 22.8 Å². The average Bonchev–Trinajstić information content (AvgIpc) is 3.73. The molecule has 2 amide bonds. The monoisotopic (exact) mass is 628 g/mol. The van der Waals surface area contributed by atoms with Crippen LogP contribution in [0, 0.1) is 0 Å². The van der Waals surface area contributed by atoms with Crippen LogP contribution in [0.4, 0.5) is 18.9 Å². The van der Waals surface area contributed by atoms with Gasteiger partial charge in [0.05, 0.1) is 18.5 Å². The Morgan fingerprint density at radius 1 is 1.09 bits per heavy atom. The zero-order valence-corrected chi connectivity index (χ0v) is 25.4. The maximum absolute atomic E-state index is 13.4. The highest BCUT2D eigenvalue weighted by atomic mass is 35.5. The van der Waals surface area contributed by atoms with Gasteiger partial charge < -0.3 is 24.4 Å². The summed E-state index contributed by atoms with van der Waals surface area (Å²) in [4.78, 5) is 32.1. The summed E-state index contributed by atoms with van der Waals surface area (Å²) in [7, 11) is 1.81. The quantitative estimate of drug-likeness (QED) is 0.326. The molecule has 6 rings (SSSR count). The molecule has 0 bridgehead atoms. The van der Waals surface area contributed by atoms with E-state index in [0.29, 0.717) is 48.9 Å². The van der Waals surface area contributed by atoms with Gasteiger partial charge in [-0.25, -0.2) is 0 Å². The van der Waals surface area contributed by atoms with Crippen LogP contribution >= 0.6 is 11.6 Å². The number of likely N-dealkylation sites (tertiary alicyclic amines) is 1. The molecule has 0 saturated carbocycles. The van der Waals surface area contributed by atoms with Crippen LogP contribution in [0.15, 0.2) is 65.3 Å². The number of aryl methyl sites for hydroxylation is 1. The third-order valence-corrected chi connectivity index (χ3v) is 10.0. The number of carbonyl (C=O) groups excluding carboxylic acids is 2. The van der Waals surface area contributed by atoms with Crippen molar-refractivity contribution in [1.29, 1.82) is 0 Å². The van der Waals surface area contributed by atoms with E-state index < -0.39 is 17.3 Å². The maximum atomic E-state index is 13.4. The molecule has 1 aliphatic carbocycles. The van der Waals surface area contributed by atoms with Crippen LogP contribution in [0.25, 0.3) is 0 Å². The summed E-state index contributed by atoms with van der Waals surface area (Å²) in [5.41, 5.74) is 1.06. The number of halogens is 4. The number of benzene rings is 2. The summed E-state index contributed by atoms with van der Waals surface area (Å²) in [5, 5.41) is 3.58. The number of hydrogen-bond acceptors (Lipinski definition) is 5. The normalized spacial score (nSPS) is 21.5. The van der Waals surface area contributed by atoms with Crippen LogP contribution in [0.3, 0.4) is 0 Å². The van der Waals surface area contributed by atoms with Gasteiger partial charge in [-0.15, -0.1) is 0 Å². The van der Waals surface area contributed by atoms with Crippen molar-refractivity contribution in [2.45, 2.75) is 55.7 Å². The lowest BCUT2D eigenvalue weighted by molar-refractivity contribution is -0.137. The number of piperidine rings is 1. The van der Waals surface area contributed by atoms with E-state index in [9.17, 15) is 22.8 Å². The van der Waals surface area contributed by atoms with E-state index in [0.717, 1.165) is 44.4 Å². The number of carbonyl (C=O) groups is 2. The molecular weight excluding hydrogens is 593 g/mol. The molecule has 1 unspecified atom stereocenters. The number of amides is 2. The number of furan rings is 1. The molecule has 2 aliphatic heterocycles. The van der Waals surface area contributed by atoms with Gasteiger partial charge in [0.1, 0.15) is 5.54 Å². The Bertz CT molecular complexity index is 1520. The maximum Gasteiger partial charge on any atom is 0.416 e. The highest BCUT2D eigenvalue weighted by Gasteiger charge is 2.50. The number of nitrogens with one attached hydrogen (secondary N) is 1. The minimum absolute atomic E-state index is 0.126. The second-order valence-electron chi connectivity index (χ2n) is 12.3. The van der Waals surface area contributed by atoms with Crippen molar-refractivity contribution in [1.82, 2.24) is 15.1 Å². The van der Waals surface area contributed by atoms with Gasteiger partial charge in [0.2, 0.25) is 5.91 Å². The third kappa shape index (κ3) is 5.70. The molecular formula is C33H36ClF3N4O3. The number of rotatable bonds is 8. The number of likely N-dealkylation sites (N-methyl/N-ethyl adjacent to an activating group) is 1. The van der Waals surface area contributed by atoms with Gasteiger partial charge in [0.15, 0.2) is 5.76 Å². The van der Waals surface area contributed by atoms with E-state index >= 15 is 0 Å². The van der Waals surface area contributed by atoms with E-state index in [1.54, 1.807) is 23.1 Å². The average molecular weight is 629 g/mol. The second kappa shape index (κ2) is 11.8. The van der Waals surface area contributed by atoms with Gasteiger partial charge in [0, 0.05) is 42.8 Å². The van der Waals surface area contributed by atoms with Crippen molar-refractivity contribution in [2.75, 3.05) is 44.8 Å². The zero-order chi connectivity index (χ0) is 31.1. The SMILES string of the molecule is CN(CC1(CCCN2CCC3(CC2)C(=O)NCN3c2cccc(C(F)(F)F)c2)CCc2cc(Cl)ccc21)C(=O)c1ccco1. The minimum atomic E-state index is -4.45. The molecule has 0 radical (unpaired) electrons. The lowest BCUT2D eigenvalue weighted by Crippen LogP contribution is -2.56. The molecule has 2 saturated heterocycles. The second-order valence-corrected chi connectivity index (χ2v) is 12.8. The first-order valence-electron chi connectivity index (χ1n) is 15.0. The first kappa shape index (κ1) is 30.5. The summed E-state index contributed by atoms with van der Waals surface area (Å²) in [5.74, 6) is 0.0339. The molecule has 1 aromatic heterocycles. The molecule has 234 valence electrons. The van der Waals surface area contributed by atoms with Gasteiger partial charge >= 0.3 is 6.18 Å². The number of anilines is 1. The predicted molar refractivity (Wildman–Crippen MR) is 162 cm³/mol. The lowest BCUT2D eigenvalue weighted by atomic mass is 9.77. The fourth-order valence-electron chi connectivity index (χ4n) is 7.47. The van der Waals surface area contributed by atoms with Crippen LogP contribution in [0.2, 0.25) is 5.02 Å². The summed E-state index contributed by atoms with van der Waals surface area (Å²) in [6, 6.07) is 14.7. The van der Waals surface area contributed by atoms with Gasteiger partial charge in [0.25, 0.3) is 5.91 Å². The Morgan fingerprint density at radius 2 is 1.89 bits per heavy atom. The molecule has 7 nitrogen and oxygen atoms in total. The van der Waals surface area contributed by atoms with Crippen molar-refractivity contribution in [3.05, 3.63) is 88.3 Å². The summed E-state index contributed by atoms with van der Waals surface area (Å²) >= 11 is 6.32. The van der Waals surface area contributed by atoms with E-state index in [-0.39, 0.29) is 23.9 Å². The van der Waals surface area contributed by atoms with Crippen molar-refractivity contribution < 1.29 is 27.2 Å². The molecule has 2 fully saturated rings. The molecule has 1 atom stereocenters. The number of nitrogens with zero attached hydrogens (tertiary/aromatic N) is 3. The Kier molecular flexibility index (Phi) is 8.17. The van der Waals surface area contributed by atoms with Crippen LogP contribution in [0.5, 0.6) is 0 Å². The summed E-state index contributed by atoms with van der Waals surface area (Å²) in [6.45, 7) is 2.90. The smallest absolute Gasteiger partial charge is 0.416 e. The van der Waals surface area contributed by atoms with Crippen LogP contribution in [0.1, 0.15) is 59.3 Å². The molecule has 44 heavy (non-hydrogen) atoms. The standard InChI is InChI=1S/C33H36ClF3N4O3/c1-39(29(42)28-7-3-18-44-28)21-31(12-10-23-19-25(34)8-9-27(23)31)11-4-15-40-16-13-32(14-17-40)30(43)38-22-41(32)26-6-2-5-24(20-26)33(35,36)37/h2-3,5-9,18-20H,4,10-17,21-22H2,1H3,(H,38,43). The number of fused-ring (bicyclic) bond motifs is 1. The van der Waals surface area contributed by atoms with Crippen molar-refractivity contribution in [3.63, 3.8) is 0 Å². The first-order valence-corrected chi connectivity index (χ1v) is 15.4. The molecule has 2 aromatic carbocycles. The topological polar surface area (TPSA) is 69.0 Å². The molecule has 11 heteroatoms. The highest BCUT2D eigenvalue weighted by molar-refractivity contribution is 6.30. The fraction of sp³-hybridized carbons (Fsp3) is 0.455. The third-order valence-electron chi connectivity index (χ3n) is 9.77. The lowest BCUT2D eigenvalue weighted by Gasteiger charge is -2.43. The summed E-state index contributed by atoms with van der Waals surface area (Å²) < 4.78 is 45.6. The number of alkyl halides is 3. The van der Waals surface area contributed by atoms with Crippen LogP contribution < -0.4 is 10.2 Å². The molecule has 3 aromatic rings. The van der Waals surface area contributed by atoms with Crippen molar-refractivity contribution in [2.24, 2.45) is 0 Å². The van der Waals surface area contributed by atoms with Gasteiger partial charge in [-0.05, 0) is 98.7 Å². The summed E-state index contributed by atoms with van der Waals surface area (Å²) in [6.07, 6.45) is 1.68. The Labute approximate surface area is 259 Å². The minimum Gasteiger partial charge on any atom is -0.459 e. The van der Waals surface area contributed by atoms with Gasteiger partial charge in [-0.3, -0.25) is 9.59 Å². The zero-order valence-electron chi connectivity index (χ0n) is 24.6. The van der Waals surface area contributed by atoms with Gasteiger partial charge in [-0.2, -0.15) is 13.2 Å². The van der Waals surface area contributed by atoms with Crippen LogP contribution in [-0.4, -0.2) is 67.0 Å². The van der Waals surface area contributed by atoms with Crippen molar-refractivity contribution in [3.8, 4) is 0 Å². The van der Waals surface area contributed by atoms with E-state index in [2.05, 4.69) is 16.3 Å². The largest absolute Gasteiger partial charge is 0.459 e. The van der Waals surface area contributed by atoms with Crippen molar-refractivity contribution >= 4 is 29.1 Å². The highest BCUT2D eigenvalue weighted by Crippen LogP contribution is 2.44. The molecule has 1 spiro atoms. The number of hydrogen-bond donors (Lipinski definition) is 1.